The van der Waals surface area contributed by atoms with E-state index < -0.39 is 12.1 Å². The summed E-state index contributed by atoms with van der Waals surface area (Å²) >= 11 is 0. The molecule has 1 N–H and O–H groups in total. The van der Waals surface area contributed by atoms with E-state index in [0.717, 1.165) is 37.8 Å². The number of nitrogens with zero attached hydrogens (tertiary/aromatic N) is 5. The van der Waals surface area contributed by atoms with Crippen molar-refractivity contribution >= 4 is 11.9 Å². The lowest BCUT2D eigenvalue weighted by molar-refractivity contribution is -0.192. The zero-order valence-corrected chi connectivity index (χ0v) is 15.9. The second kappa shape index (κ2) is 8.32. The normalized spacial score (nSPS) is 21.4. The Morgan fingerprint density at radius 3 is 2.38 bits per heavy atom. The van der Waals surface area contributed by atoms with Gasteiger partial charge in [-0.25, -0.2) is 14.8 Å². The molecule has 156 valence electrons. The first kappa shape index (κ1) is 21.0. The zero-order chi connectivity index (χ0) is 21.1. The molecule has 4 heterocycles. The predicted molar refractivity (Wildman–Crippen MR) is 99.3 cm³/mol. The molecule has 0 aliphatic carbocycles. The molecule has 29 heavy (non-hydrogen) atoms. The van der Waals surface area contributed by atoms with Crippen molar-refractivity contribution in [1.29, 1.82) is 0 Å². The maximum absolute atomic E-state index is 10.6. The lowest BCUT2D eigenvalue weighted by Crippen LogP contribution is -2.62. The van der Waals surface area contributed by atoms with Gasteiger partial charge in [0.05, 0.1) is 11.2 Å². The SMILES string of the molecule is Cc1cccc(CN2CCC3(CCN3c3ncccn3)C2)n1.O=C(O)C(F)(F)F. The van der Waals surface area contributed by atoms with Gasteiger partial charge in [0.2, 0.25) is 5.95 Å². The molecule has 1 unspecified atom stereocenters. The number of aromatic nitrogens is 3. The van der Waals surface area contributed by atoms with Crippen LogP contribution >= 0.6 is 0 Å². The number of rotatable bonds is 3. The van der Waals surface area contributed by atoms with Gasteiger partial charge in [0, 0.05) is 44.3 Å². The van der Waals surface area contributed by atoms with Crippen molar-refractivity contribution in [3.63, 3.8) is 0 Å². The molecule has 10 heteroatoms. The highest BCUT2D eigenvalue weighted by Gasteiger charge is 2.50. The second-order valence-electron chi connectivity index (χ2n) is 7.21. The summed E-state index contributed by atoms with van der Waals surface area (Å²) in [5.41, 5.74) is 2.50. The number of hydrogen-bond donors (Lipinski definition) is 1. The molecule has 0 radical (unpaired) electrons. The minimum atomic E-state index is -5.08. The van der Waals surface area contributed by atoms with E-state index in [4.69, 9.17) is 9.90 Å². The van der Waals surface area contributed by atoms with Crippen LogP contribution in [0.15, 0.2) is 36.7 Å². The first-order valence-electron chi connectivity index (χ1n) is 9.19. The zero-order valence-electron chi connectivity index (χ0n) is 15.9. The molecule has 2 fully saturated rings. The molecule has 4 rings (SSSR count). The van der Waals surface area contributed by atoms with Crippen LogP contribution in [0.2, 0.25) is 0 Å². The topological polar surface area (TPSA) is 82.5 Å². The Morgan fingerprint density at radius 1 is 1.17 bits per heavy atom. The van der Waals surface area contributed by atoms with Gasteiger partial charge in [-0.05, 0) is 38.0 Å². The maximum Gasteiger partial charge on any atom is 0.490 e. The van der Waals surface area contributed by atoms with Crippen molar-refractivity contribution < 1.29 is 23.1 Å². The first-order valence-corrected chi connectivity index (χ1v) is 9.19. The van der Waals surface area contributed by atoms with Crippen molar-refractivity contribution in [2.24, 2.45) is 0 Å². The van der Waals surface area contributed by atoms with Gasteiger partial charge in [0.1, 0.15) is 0 Å². The molecule has 2 aliphatic rings. The third kappa shape index (κ3) is 5.00. The van der Waals surface area contributed by atoms with Crippen molar-refractivity contribution in [1.82, 2.24) is 19.9 Å². The van der Waals surface area contributed by atoms with Gasteiger partial charge in [-0.1, -0.05) is 6.07 Å². The molecular formula is C19H22F3N5O2. The summed E-state index contributed by atoms with van der Waals surface area (Å²) in [6, 6.07) is 8.14. The number of pyridine rings is 1. The maximum atomic E-state index is 10.6. The lowest BCUT2D eigenvalue weighted by atomic mass is 9.84. The van der Waals surface area contributed by atoms with Crippen molar-refractivity contribution in [3.8, 4) is 0 Å². The third-order valence-corrected chi connectivity index (χ3v) is 5.15. The Labute approximate surface area is 166 Å². The third-order valence-electron chi connectivity index (χ3n) is 5.15. The Bertz CT molecular complexity index is 849. The van der Waals surface area contributed by atoms with E-state index >= 15 is 0 Å². The molecule has 0 aromatic carbocycles. The summed E-state index contributed by atoms with van der Waals surface area (Å²) in [5.74, 6) is -1.88. The fourth-order valence-corrected chi connectivity index (χ4v) is 3.70. The number of halogens is 3. The van der Waals surface area contributed by atoms with Crippen LogP contribution in [-0.2, 0) is 11.3 Å². The summed E-state index contributed by atoms with van der Waals surface area (Å²) < 4.78 is 31.7. The number of carbonyl (C=O) groups is 1. The molecule has 7 nitrogen and oxygen atoms in total. The van der Waals surface area contributed by atoms with Crippen LogP contribution in [0.5, 0.6) is 0 Å². The molecule has 2 aromatic heterocycles. The summed E-state index contributed by atoms with van der Waals surface area (Å²) in [4.78, 5) is 27.3. The average Bonchev–Trinajstić information content (AvgIpc) is 3.08. The minimum Gasteiger partial charge on any atom is -0.475 e. The van der Waals surface area contributed by atoms with E-state index in [1.54, 1.807) is 0 Å². The highest BCUT2D eigenvalue weighted by Crippen LogP contribution is 2.41. The Morgan fingerprint density at radius 2 is 1.83 bits per heavy atom. The number of carboxylic acids is 1. The number of likely N-dealkylation sites (tertiary alicyclic amines) is 1. The van der Waals surface area contributed by atoms with E-state index in [9.17, 15) is 13.2 Å². The molecule has 0 saturated carbocycles. The van der Waals surface area contributed by atoms with Gasteiger partial charge >= 0.3 is 12.1 Å². The van der Waals surface area contributed by atoms with Gasteiger partial charge < -0.3 is 10.0 Å². The number of alkyl halides is 3. The molecule has 0 amide bonds. The fourth-order valence-electron chi connectivity index (χ4n) is 3.70. The van der Waals surface area contributed by atoms with E-state index in [1.165, 1.54) is 18.5 Å². The van der Waals surface area contributed by atoms with Crippen LogP contribution in [0.1, 0.15) is 24.2 Å². The summed E-state index contributed by atoms with van der Waals surface area (Å²) in [5, 5.41) is 7.12. The van der Waals surface area contributed by atoms with Crippen molar-refractivity contribution in [2.45, 2.75) is 38.0 Å². The van der Waals surface area contributed by atoms with Gasteiger partial charge in [-0.3, -0.25) is 9.88 Å². The van der Waals surface area contributed by atoms with Crippen molar-refractivity contribution in [2.75, 3.05) is 24.5 Å². The Kier molecular flexibility index (Phi) is 6.02. The lowest BCUT2D eigenvalue weighted by Gasteiger charge is -2.50. The monoisotopic (exact) mass is 409 g/mol. The summed E-state index contributed by atoms with van der Waals surface area (Å²) in [7, 11) is 0. The number of hydrogen-bond acceptors (Lipinski definition) is 6. The van der Waals surface area contributed by atoms with Crippen LogP contribution in [-0.4, -0.2) is 62.3 Å². The van der Waals surface area contributed by atoms with Gasteiger partial charge in [0.15, 0.2) is 0 Å². The highest BCUT2D eigenvalue weighted by atomic mass is 19.4. The standard InChI is InChI=1S/C17H21N5.C2HF3O2/c1-14-4-2-5-15(20-14)12-21-10-6-17(13-21)7-11-22(17)16-18-8-3-9-19-16;3-2(4,5)1(6)7/h2-5,8-9H,6-7,10-13H2,1H3;(H,6,7). The van der Waals surface area contributed by atoms with Crippen LogP contribution in [0.4, 0.5) is 19.1 Å². The Balaban J connectivity index is 0.000000298. The minimum absolute atomic E-state index is 0.241. The first-order chi connectivity index (χ1) is 13.7. The van der Waals surface area contributed by atoms with Crippen LogP contribution in [0.3, 0.4) is 0 Å². The van der Waals surface area contributed by atoms with E-state index in [1.807, 2.05) is 18.5 Å². The number of carboxylic acid groups (broad SMARTS) is 1. The largest absolute Gasteiger partial charge is 0.490 e. The average molecular weight is 409 g/mol. The number of aryl methyl sites for hydroxylation is 1. The summed E-state index contributed by atoms with van der Waals surface area (Å²) in [6.07, 6.45) is 1.01. The molecule has 1 spiro atoms. The van der Waals surface area contributed by atoms with Crippen LogP contribution in [0, 0.1) is 6.92 Å². The number of aliphatic carboxylic acids is 1. The highest BCUT2D eigenvalue weighted by molar-refractivity contribution is 5.73. The molecular weight excluding hydrogens is 387 g/mol. The summed E-state index contributed by atoms with van der Waals surface area (Å²) in [6.45, 7) is 6.27. The molecule has 0 bridgehead atoms. The fraction of sp³-hybridized carbons (Fsp3) is 0.474. The van der Waals surface area contributed by atoms with Crippen LogP contribution < -0.4 is 4.90 Å². The molecule has 2 saturated heterocycles. The van der Waals surface area contributed by atoms with E-state index in [0.29, 0.717) is 0 Å². The van der Waals surface area contributed by atoms with Gasteiger partial charge in [-0.2, -0.15) is 13.2 Å². The van der Waals surface area contributed by atoms with Gasteiger partial charge in [-0.15, -0.1) is 0 Å². The van der Waals surface area contributed by atoms with E-state index in [-0.39, 0.29) is 5.54 Å². The molecule has 1 atom stereocenters. The van der Waals surface area contributed by atoms with E-state index in [2.05, 4.69) is 49.9 Å². The molecule has 2 aliphatic heterocycles. The Hall–Kier alpha value is -2.75. The van der Waals surface area contributed by atoms with Gasteiger partial charge in [0.25, 0.3) is 0 Å². The van der Waals surface area contributed by atoms with Crippen molar-refractivity contribution in [3.05, 3.63) is 48.0 Å². The number of anilines is 1. The quantitative estimate of drug-likeness (QED) is 0.835. The predicted octanol–water partition coefficient (Wildman–Crippen LogP) is 2.67. The van der Waals surface area contributed by atoms with Crippen LogP contribution in [0.25, 0.3) is 0 Å². The smallest absolute Gasteiger partial charge is 0.475 e. The molecule has 2 aromatic rings. The second-order valence-corrected chi connectivity index (χ2v) is 7.21.